The molecule has 0 spiro atoms. The van der Waals surface area contributed by atoms with Crippen molar-refractivity contribution in [3.63, 3.8) is 0 Å². The molecule has 16 heavy (non-hydrogen) atoms. The molecule has 0 aromatic carbocycles. The molecule has 2 unspecified atom stereocenters. The SMILES string of the molecule is Cc1ncsc1C(C)NC(C)c1nn[nH]n1. The third kappa shape index (κ3) is 2.25. The summed E-state index contributed by atoms with van der Waals surface area (Å²) in [6.07, 6.45) is 0. The minimum Gasteiger partial charge on any atom is -0.300 e. The van der Waals surface area contributed by atoms with Gasteiger partial charge in [0.15, 0.2) is 5.82 Å². The van der Waals surface area contributed by atoms with Gasteiger partial charge in [0.2, 0.25) is 0 Å². The summed E-state index contributed by atoms with van der Waals surface area (Å²) in [6, 6.07) is 0.302. The lowest BCUT2D eigenvalue weighted by atomic mass is 10.2. The van der Waals surface area contributed by atoms with Crippen molar-refractivity contribution in [3.8, 4) is 0 Å². The first-order chi connectivity index (χ1) is 7.68. The van der Waals surface area contributed by atoms with Gasteiger partial charge < -0.3 is 0 Å². The smallest absolute Gasteiger partial charge is 0.191 e. The lowest BCUT2D eigenvalue weighted by molar-refractivity contribution is 0.480. The molecule has 0 radical (unpaired) electrons. The number of nitrogens with zero attached hydrogens (tertiary/aromatic N) is 4. The van der Waals surface area contributed by atoms with E-state index in [1.54, 1.807) is 11.3 Å². The summed E-state index contributed by atoms with van der Waals surface area (Å²) in [5, 5.41) is 17.3. The first-order valence-electron chi connectivity index (χ1n) is 5.08. The largest absolute Gasteiger partial charge is 0.300 e. The molecule has 86 valence electrons. The molecule has 0 aliphatic carbocycles. The number of hydrogen-bond donors (Lipinski definition) is 2. The Balaban J connectivity index is 2.03. The van der Waals surface area contributed by atoms with E-state index in [-0.39, 0.29) is 12.1 Å². The predicted molar refractivity (Wildman–Crippen MR) is 61.0 cm³/mol. The van der Waals surface area contributed by atoms with E-state index >= 15 is 0 Å². The topological polar surface area (TPSA) is 79.4 Å². The first-order valence-corrected chi connectivity index (χ1v) is 5.96. The number of thiazole rings is 1. The third-order valence-electron chi connectivity index (χ3n) is 2.42. The van der Waals surface area contributed by atoms with Crippen LogP contribution in [0.1, 0.15) is 42.3 Å². The second kappa shape index (κ2) is 4.67. The van der Waals surface area contributed by atoms with Crippen LogP contribution in [0.4, 0.5) is 0 Å². The Bertz CT molecular complexity index is 437. The minimum absolute atomic E-state index is 0.0650. The van der Waals surface area contributed by atoms with E-state index in [0.717, 1.165) is 5.69 Å². The van der Waals surface area contributed by atoms with E-state index in [0.29, 0.717) is 5.82 Å². The van der Waals surface area contributed by atoms with Gasteiger partial charge in [0.1, 0.15) is 0 Å². The first kappa shape index (κ1) is 11.2. The predicted octanol–water partition coefficient (Wildman–Crippen LogP) is 1.38. The van der Waals surface area contributed by atoms with Crippen molar-refractivity contribution in [2.45, 2.75) is 32.9 Å². The fourth-order valence-electron chi connectivity index (χ4n) is 1.60. The van der Waals surface area contributed by atoms with Crippen LogP contribution in [0.3, 0.4) is 0 Å². The summed E-state index contributed by atoms with van der Waals surface area (Å²) in [5.41, 5.74) is 2.94. The van der Waals surface area contributed by atoms with Crippen molar-refractivity contribution < 1.29 is 0 Å². The molecule has 2 aromatic rings. The Morgan fingerprint density at radius 3 is 2.75 bits per heavy atom. The molecule has 0 bridgehead atoms. The van der Waals surface area contributed by atoms with Gasteiger partial charge in [-0.2, -0.15) is 5.21 Å². The van der Waals surface area contributed by atoms with Crippen LogP contribution in [0.2, 0.25) is 0 Å². The van der Waals surface area contributed by atoms with E-state index in [1.807, 2.05) is 19.4 Å². The second-order valence-corrected chi connectivity index (χ2v) is 4.57. The highest BCUT2D eigenvalue weighted by molar-refractivity contribution is 7.09. The Kier molecular flexibility index (Phi) is 3.25. The molecule has 2 rings (SSSR count). The van der Waals surface area contributed by atoms with Gasteiger partial charge in [0.25, 0.3) is 0 Å². The number of aromatic nitrogens is 5. The van der Waals surface area contributed by atoms with Crippen molar-refractivity contribution in [1.29, 1.82) is 0 Å². The number of aromatic amines is 1. The van der Waals surface area contributed by atoms with Crippen molar-refractivity contribution in [1.82, 2.24) is 30.9 Å². The van der Waals surface area contributed by atoms with Crippen LogP contribution in [0.25, 0.3) is 0 Å². The Morgan fingerprint density at radius 1 is 1.38 bits per heavy atom. The lowest BCUT2D eigenvalue weighted by Crippen LogP contribution is -2.23. The molecule has 2 heterocycles. The lowest BCUT2D eigenvalue weighted by Gasteiger charge is -2.16. The zero-order valence-corrected chi connectivity index (χ0v) is 10.2. The maximum absolute atomic E-state index is 4.24. The minimum atomic E-state index is 0.0650. The molecule has 6 nitrogen and oxygen atoms in total. The molecule has 2 N–H and O–H groups in total. The number of hydrogen-bond acceptors (Lipinski definition) is 6. The normalized spacial score (nSPS) is 14.9. The van der Waals surface area contributed by atoms with Gasteiger partial charge in [-0.15, -0.1) is 21.5 Å². The third-order valence-corrected chi connectivity index (χ3v) is 3.54. The van der Waals surface area contributed by atoms with Crippen LogP contribution in [0, 0.1) is 6.92 Å². The molecule has 0 saturated heterocycles. The number of H-pyrrole nitrogens is 1. The van der Waals surface area contributed by atoms with Gasteiger partial charge in [0.05, 0.1) is 17.2 Å². The molecular weight excluding hydrogens is 224 g/mol. The summed E-state index contributed by atoms with van der Waals surface area (Å²) in [7, 11) is 0. The van der Waals surface area contributed by atoms with E-state index in [1.165, 1.54) is 4.88 Å². The van der Waals surface area contributed by atoms with E-state index in [9.17, 15) is 0 Å². The summed E-state index contributed by atoms with van der Waals surface area (Å²) in [5.74, 6) is 0.675. The zero-order valence-electron chi connectivity index (χ0n) is 9.43. The van der Waals surface area contributed by atoms with Crippen molar-refractivity contribution >= 4 is 11.3 Å². The average molecular weight is 238 g/mol. The maximum Gasteiger partial charge on any atom is 0.191 e. The maximum atomic E-state index is 4.24. The van der Waals surface area contributed by atoms with Gasteiger partial charge in [-0.25, -0.2) is 4.98 Å². The molecule has 0 aliphatic rings. The van der Waals surface area contributed by atoms with Crippen LogP contribution in [0.15, 0.2) is 5.51 Å². The van der Waals surface area contributed by atoms with E-state index in [4.69, 9.17) is 0 Å². The van der Waals surface area contributed by atoms with Crippen molar-refractivity contribution in [2.24, 2.45) is 0 Å². The van der Waals surface area contributed by atoms with Gasteiger partial charge in [0, 0.05) is 10.9 Å². The summed E-state index contributed by atoms with van der Waals surface area (Å²) in [4.78, 5) is 5.48. The number of aryl methyl sites for hydroxylation is 1. The van der Waals surface area contributed by atoms with Gasteiger partial charge in [-0.05, 0) is 20.8 Å². The molecule has 7 heteroatoms. The highest BCUT2D eigenvalue weighted by Crippen LogP contribution is 2.23. The Labute approximate surface area is 97.5 Å². The quantitative estimate of drug-likeness (QED) is 0.841. The molecule has 0 saturated carbocycles. The summed E-state index contributed by atoms with van der Waals surface area (Å²) >= 11 is 1.66. The van der Waals surface area contributed by atoms with Crippen LogP contribution >= 0.6 is 11.3 Å². The molecule has 0 amide bonds. The van der Waals surface area contributed by atoms with Crippen LogP contribution < -0.4 is 5.32 Å². The van der Waals surface area contributed by atoms with Crippen LogP contribution in [0.5, 0.6) is 0 Å². The van der Waals surface area contributed by atoms with Crippen LogP contribution in [-0.2, 0) is 0 Å². The molecule has 0 fully saturated rings. The molecular formula is C9H14N6S. The highest BCUT2D eigenvalue weighted by Gasteiger charge is 2.16. The Morgan fingerprint density at radius 2 is 2.19 bits per heavy atom. The fraction of sp³-hybridized carbons (Fsp3) is 0.556. The van der Waals surface area contributed by atoms with E-state index < -0.39 is 0 Å². The number of tetrazole rings is 1. The van der Waals surface area contributed by atoms with Gasteiger partial charge in [-0.1, -0.05) is 5.21 Å². The standard InChI is InChI=1S/C9H14N6S/c1-5-8(16-4-10-5)6(2)11-7(3)9-12-14-15-13-9/h4,6-7,11H,1-3H3,(H,12,13,14,15). The summed E-state index contributed by atoms with van der Waals surface area (Å²) in [6.45, 7) is 6.14. The zero-order chi connectivity index (χ0) is 11.5. The average Bonchev–Trinajstić information content (AvgIpc) is 2.86. The Hall–Kier alpha value is -1.34. The van der Waals surface area contributed by atoms with Crippen molar-refractivity contribution in [2.75, 3.05) is 0 Å². The van der Waals surface area contributed by atoms with Crippen molar-refractivity contribution in [3.05, 3.63) is 21.9 Å². The number of rotatable bonds is 4. The second-order valence-electron chi connectivity index (χ2n) is 3.68. The highest BCUT2D eigenvalue weighted by atomic mass is 32.1. The van der Waals surface area contributed by atoms with Gasteiger partial charge in [-0.3, -0.25) is 5.32 Å². The molecule has 2 atom stereocenters. The fourth-order valence-corrected chi connectivity index (χ4v) is 2.42. The molecule has 0 aliphatic heterocycles. The van der Waals surface area contributed by atoms with Crippen LogP contribution in [-0.4, -0.2) is 25.6 Å². The summed E-state index contributed by atoms with van der Waals surface area (Å²) < 4.78 is 0. The van der Waals surface area contributed by atoms with E-state index in [2.05, 4.69) is 37.8 Å². The monoisotopic (exact) mass is 238 g/mol. The number of nitrogens with one attached hydrogen (secondary N) is 2. The molecule has 2 aromatic heterocycles. The van der Waals surface area contributed by atoms with Gasteiger partial charge >= 0.3 is 0 Å².